The SMILES string of the molecule is CC(C)NC(=O)CN1CCN(C(C)C(=O)N2CC(C)OC(C)C2)CC1. The highest BCUT2D eigenvalue weighted by Crippen LogP contribution is 2.15. The number of hydrogen-bond acceptors (Lipinski definition) is 5. The van der Waals surface area contributed by atoms with E-state index in [2.05, 4.69) is 15.1 Å². The van der Waals surface area contributed by atoms with Crippen LogP contribution in [0.1, 0.15) is 34.6 Å². The molecule has 1 N–H and O–H groups in total. The molecule has 0 bridgehead atoms. The first kappa shape index (κ1) is 20.1. The molecule has 2 aliphatic heterocycles. The topological polar surface area (TPSA) is 65.1 Å². The Morgan fingerprint density at radius 1 is 1.04 bits per heavy atom. The van der Waals surface area contributed by atoms with Gasteiger partial charge in [-0.3, -0.25) is 19.4 Å². The fourth-order valence-electron chi connectivity index (χ4n) is 3.66. The summed E-state index contributed by atoms with van der Waals surface area (Å²) in [6.07, 6.45) is 0.187. The Morgan fingerprint density at radius 2 is 1.60 bits per heavy atom. The van der Waals surface area contributed by atoms with Gasteiger partial charge in [0.2, 0.25) is 11.8 Å². The number of amides is 2. The molecule has 0 spiro atoms. The summed E-state index contributed by atoms with van der Waals surface area (Å²) in [5.74, 6) is 0.261. The lowest BCUT2D eigenvalue weighted by Gasteiger charge is -2.41. The van der Waals surface area contributed by atoms with Gasteiger partial charge in [-0.05, 0) is 34.6 Å². The van der Waals surface area contributed by atoms with Gasteiger partial charge in [0, 0.05) is 45.3 Å². The van der Waals surface area contributed by atoms with Crippen molar-refractivity contribution in [3.8, 4) is 0 Å². The molecule has 7 nitrogen and oxygen atoms in total. The van der Waals surface area contributed by atoms with Crippen LogP contribution < -0.4 is 5.32 Å². The number of nitrogens with zero attached hydrogens (tertiary/aromatic N) is 3. The van der Waals surface area contributed by atoms with Crippen molar-refractivity contribution in [1.82, 2.24) is 20.0 Å². The Morgan fingerprint density at radius 3 is 2.12 bits per heavy atom. The van der Waals surface area contributed by atoms with E-state index < -0.39 is 0 Å². The smallest absolute Gasteiger partial charge is 0.239 e. The number of ether oxygens (including phenoxy) is 1. The van der Waals surface area contributed by atoms with E-state index >= 15 is 0 Å². The molecule has 0 aliphatic carbocycles. The predicted molar refractivity (Wildman–Crippen MR) is 97.3 cm³/mol. The maximum absolute atomic E-state index is 12.8. The lowest BCUT2D eigenvalue weighted by molar-refractivity contribution is -0.149. The van der Waals surface area contributed by atoms with Gasteiger partial charge in [-0.15, -0.1) is 0 Å². The summed E-state index contributed by atoms with van der Waals surface area (Å²) in [6, 6.07) is 0.0499. The van der Waals surface area contributed by atoms with E-state index in [-0.39, 0.29) is 36.1 Å². The minimum absolute atomic E-state index is 0.0730. The van der Waals surface area contributed by atoms with Gasteiger partial charge in [0.15, 0.2) is 0 Å². The zero-order chi connectivity index (χ0) is 18.6. The number of carbonyl (C=O) groups is 2. The van der Waals surface area contributed by atoms with Crippen LogP contribution in [0, 0.1) is 0 Å². The van der Waals surface area contributed by atoms with Crippen molar-refractivity contribution in [3.05, 3.63) is 0 Å². The zero-order valence-electron chi connectivity index (χ0n) is 16.3. The van der Waals surface area contributed by atoms with Crippen molar-refractivity contribution in [2.45, 2.75) is 58.9 Å². The molecule has 2 aliphatic rings. The summed E-state index contributed by atoms with van der Waals surface area (Å²) < 4.78 is 5.72. The number of hydrogen-bond donors (Lipinski definition) is 1. The maximum Gasteiger partial charge on any atom is 0.239 e. The Hall–Kier alpha value is -1.18. The van der Waals surface area contributed by atoms with Gasteiger partial charge in [0.25, 0.3) is 0 Å². The second kappa shape index (κ2) is 8.96. The molecule has 0 radical (unpaired) electrons. The van der Waals surface area contributed by atoms with Crippen molar-refractivity contribution < 1.29 is 14.3 Å². The standard InChI is InChI=1S/C18H34N4O3/c1-13(2)19-17(23)12-20-6-8-21(9-7-20)16(5)18(24)22-10-14(3)25-15(4)11-22/h13-16H,6-12H2,1-5H3,(H,19,23). The minimum Gasteiger partial charge on any atom is -0.372 e. The Labute approximate surface area is 151 Å². The highest BCUT2D eigenvalue weighted by Gasteiger charge is 2.32. The van der Waals surface area contributed by atoms with E-state index in [1.54, 1.807) is 0 Å². The van der Waals surface area contributed by atoms with Crippen molar-refractivity contribution in [2.24, 2.45) is 0 Å². The van der Waals surface area contributed by atoms with Gasteiger partial charge in [0.1, 0.15) is 0 Å². The molecular weight excluding hydrogens is 320 g/mol. The fourth-order valence-corrected chi connectivity index (χ4v) is 3.66. The average molecular weight is 354 g/mol. The zero-order valence-corrected chi connectivity index (χ0v) is 16.3. The molecule has 3 atom stereocenters. The van der Waals surface area contributed by atoms with E-state index in [1.807, 2.05) is 39.5 Å². The number of nitrogens with one attached hydrogen (secondary N) is 1. The average Bonchev–Trinajstić information content (AvgIpc) is 2.52. The molecule has 2 heterocycles. The molecule has 0 saturated carbocycles. The lowest BCUT2D eigenvalue weighted by Crippen LogP contribution is -2.58. The number of carbonyl (C=O) groups excluding carboxylic acids is 2. The molecule has 0 aromatic rings. The van der Waals surface area contributed by atoms with Crippen LogP contribution in [-0.4, -0.2) is 96.6 Å². The summed E-state index contributed by atoms with van der Waals surface area (Å²) in [7, 11) is 0. The summed E-state index contributed by atoms with van der Waals surface area (Å²) in [6.45, 7) is 15.0. The second-order valence-electron chi connectivity index (χ2n) is 7.71. The molecule has 7 heteroatoms. The normalized spacial score (nSPS) is 27.4. The fraction of sp³-hybridized carbons (Fsp3) is 0.889. The summed E-state index contributed by atoms with van der Waals surface area (Å²) >= 11 is 0. The first-order valence-electron chi connectivity index (χ1n) is 9.46. The predicted octanol–water partition coefficient (Wildman–Crippen LogP) is 0.153. The van der Waals surface area contributed by atoms with Crippen molar-refractivity contribution in [3.63, 3.8) is 0 Å². The van der Waals surface area contributed by atoms with E-state index in [0.717, 1.165) is 26.2 Å². The van der Waals surface area contributed by atoms with Gasteiger partial charge >= 0.3 is 0 Å². The molecule has 2 fully saturated rings. The van der Waals surface area contributed by atoms with Crippen molar-refractivity contribution >= 4 is 11.8 Å². The molecule has 0 aromatic carbocycles. The van der Waals surface area contributed by atoms with Crippen molar-refractivity contribution in [1.29, 1.82) is 0 Å². The molecule has 0 aromatic heterocycles. The van der Waals surface area contributed by atoms with Crippen LogP contribution in [0.3, 0.4) is 0 Å². The van der Waals surface area contributed by atoms with Crippen LogP contribution in [0.25, 0.3) is 0 Å². The Kier molecular flexibility index (Phi) is 7.22. The highest BCUT2D eigenvalue weighted by molar-refractivity contribution is 5.81. The minimum atomic E-state index is -0.121. The quantitative estimate of drug-likeness (QED) is 0.762. The number of rotatable bonds is 5. The number of piperazine rings is 1. The third-order valence-corrected chi connectivity index (χ3v) is 4.86. The van der Waals surface area contributed by atoms with Crippen LogP contribution in [0.5, 0.6) is 0 Å². The van der Waals surface area contributed by atoms with Gasteiger partial charge in [-0.2, -0.15) is 0 Å². The molecular formula is C18H34N4O3. The Balaban J connectivity index is 1.79. The monoisotopic (exact) mass is 354 g/mol. The largest absolute Gasteiger partial charge is 0.372 e. The molecule has 3 unspecified atom stereocenters. The van der Waals surface area contributed by atoms with E-state index in [4.69, 9.17) is 4.74 Å². The Bertz CT molecular complexity index is 453. The first-order chi connectivity index (χ1) is 11.8. The summed E-state index contributed by atoms with van der Waals surface area (Å²) in [5.41, 5.74) is 0. The molecule has 144 valence electrons. The molecule has 2 saturated heterocycles. The third kappa shape index (κ3) is 5.94. The molecule has 2 amide bonds. The lowest BCUT2D eigenvalue weighted by atomic mass is 10.1. The second-order valence-corrected chi connectivity index (χ2v) is 7.71. The highest BCUT2D eigenvalue weighted by atomic mass is 16.5. The van der Waals surface area contributed by atoms with E-state index in [9.17, 15) is 9.59 Å². The number of morpholine rings is 1. The third-order valence-electron chi connectivity index (χ3n) is 4.86. The first-order valence-corrected chi connectivity index (χ1v) is 9.46. The summed E-state index contributed by atoms with van der Waals surface area (Å²) in [4.78, 5) is 31.0. The van der Waals surface area contributed by atoms with Crippen LogP contribution in [0.4, 0.5) is 0 Å². The molecule has 2 rings (SSSR count). The van der Waals surface area contributed by atoms with Crippen LogP contribution in [0.15, 0.2) is 0 Å². The maximum atomic E-state index is 12.8. The summed E-state index contributed by atoms with van der Waals surface area (Å²) in [5, 5.41) is 2.93. The van der Waals surface area contributed by atoms with Gasteiger partial charge in [-0.1, -0.05) is 0 Å². The van der Waals surface area contributed by atoms with Crippen molar-refractivity contribution in [2.75, 3.05) is 45.8 Å². The van der Waals surface area contributed by atoms with Crippen LogP contribution in [0.2, 0.25) is 0 Å². The van der Waals surface area contributed by atoms with Crippen LogP contribution in [-0.2, 0) is 14.3 Å². The van der Waals surface area contributed by atoms with Gasteiger partial charge in [0.05, 0.1) is 24.8 Å². The van der Waals surface area contributed by atoms with Crippen LogP contribution >= 0.6 is 0 Å². The molecule has 25 heavy (non-hydrogen) atoms. The van der Waals surface area contributed by atoms with Gasteiger partial charge in [-0.25, -0.2) is 0 Å². The van der Waals surface area contributed by atoms with E-state index in [1.165, 1.54) is 0 Å². The van der Waals surface area contributed by atoms with E-state index in [0.29, 0.717) is 19.6 Å². The van der Waals surface area contributed by atoms with Gasteiger partial charge < -0.3 is 15.0 Å².